The van der Waals surface area contributed by atoms with Crippen LogP contribution in [-0.2, 0) is 6.54 Å². The van der Waals surface area contributed by atoms with E-state index in [0.29, 0.717) is 13.1 Å². The number of nitrogens with zero attached hydrogens (tertiary/aromatic N) is 1. The highest BCUT2D eigenvalue weighted by Crippen LogP contribution is 2.28. The van der Waals surface area contributed by atoms with Crippen LogP contribution in [0.1, 0.15) is 10.4 Å². The van der Waals surface area contributed by atoms with Crippen LogP contribution in [0.2, 0.25) is 0 Å². The molecule has 1 heterocycles. The zero-order valence-electron chi connectivity index (χ0n) is 13.0. The fraction of sp³-hybridized carbons (Fsp3) is 0.412. The van der Waals surface area contributed by atoms with Crippen LogP contribution in [0.15, 0.2) is 36.4 Å². The molecule has 0 spiro atoms. The third-order valence-corrected chi connectivity index (χ3v) is 4.39. The first kappa shape index (κ1) is 16.2. The van der Waals surface area contributed by atoms with Crippen molar-refractivity contribution >= 4 is 11.3 Å². The number of benzene rings is 1. The molecule has 0 radical (unpaired) electrons. The molecule has 2 aromatic rings. The summed E-state index contributed by atoms with van der Waals surface area (Å²) in [6.07, 6.45) is -0.323. The van der Waals surface area contributed by atoms with Crippen LogP contribution < -0.4 is 5.32 Å². The van der Waals surface area contributed by atoms with Gasteiger partial charge in [-0.25, -0.2) is 0 Å². The van der Waals surface area contributed by atoms with E-state index in [0.717, 1.165) is 6.54 Å². The quantitative estimate of drug-likeness (QED) is 0.825. The molecule has 0 saturated heterocycles. The number of aliphatic hydroxyl groups excluding tert-OH is 1. The van der Waals surface area contributed by atoms with Gasteiger partial charge in [0.15, 0.2) is 0 Å². The van der Waals surface area contributed by atoms with Gasteiger partial charge in [-0.1, -0.05) is 29.8 Å². The molecule has 0 aliphatic rings. The molecule has 1 unspecified atom stereocenters. The highest BCUT2D eigenvalue weighted by Gasteiger charge is 2.06. The SMILES string of the molecule is Cc1ccc(-c2ccc(CNCC(O)CN(C)C)s2)cc1. The molecule has 0 amide bonds. The van der Waals surface area contributed by atoms with Crippen molar-refractivity contribution in [2.24, 2.45) is 0 Å². The maximum atomic E-state index is 9.81. The number of hydrogen-bond acceptors (Lipinski definition) is 4. The molecule has 0 aliphatic heterocycles. The number of thiophene rings is 1. The molecular formula is C17H24N2OS. The molecule has 0 aliphatic carbocycles. The van der Waals surface area contributed by atoms with E-state index >= 15 is 0 Å². The van der Waals surface area contributed by atoms with Gasteiger partial charge in [0.2, 0.25) is 0 Å². The van der Waals surface area contributed by atoms with E-state index in [1.54, 1.807) is 11.3 Å². The Kier molecular flexibility index (Phi) is 5.94. The molecule has 4 heteroatoms. The molecule has 1 aromatic heterocycles. The van der Waals surface area contributed by atoms with Crippen molar-refractivity contribution in [2.75, 3.05) is 27.2 Å². The van der Waals surface area contributed by atoms with E-state index in [9.17, 15) is 5.11 Å². The van der Waals surface area contributed by atoms with E-state index < -0.39 is 0 Å². The average Bonchev–Trinajstić information content (AvgIpc) is 2.87. The summed E-state index contributed by atoms with van der Waals surface area (Å²) < 4.78 is 0. The van der Waals surface area contributed by atoms with Crippen molar-refractivity contribution in [3.63, 3.8) is 0 Å². The number of rotatable bonds is 7. The van der Waals surface area contributed by atoms with E-state index in [4.69, 9.17) is 0 Å². The lowest BCUT2D eigenvalue weighted by Crippen LogP contribution is -2.34. The summed E-state index contributed by atoms with van der Waals surface area (Å²) in [6, 6.07) is 12.9. The fourth-order valence-corrected chi connectivity index (χ4v) is 3.18. The van der Waals surface area contributed by atoms with Crippen molar-refractivity contribution in [1.82, 2.24) is 10.2 Å². The lowest BCUT2D eigenvalue weighted by molar-refractivity contribution is 0.134. The highest BCUT2D eigenvalue weighted by atomic mass is 32.1. The van der Waals surface area contributed by atoms with E-state index in [-0.39, 0.29) is 6.10 Å². The van der Waals surface area contributed by atoms with Gasteiger partial charge in [0.05, 0.1) is 6.10 Å². The second-order valence-electron chi connectivity index (χ2n) is 5.68. The van der Waals surface area contributed by atoms with Gasteiger partial charge in [-0.15, -0.1) is 11.3 Å². The number of likely N-dealkylation sites (N-methyl/N-ethyl adjacent to an activating group) is 1. The lowest BCUT2D eigenvalue weighted by Gasteiger charge is -2.16. The van der Waals surface area contributed by atoms with Gasteiger partial charge >= 0.3 is 0 Å². The molecule has 3 nitrogen and oxygen atoms in total. The standard InChI is InChI=1S/C17H24N2OS/c1-13-4-6-14(7-5-13)17-9-8-16(21-17)11-18-10-15(20)12-19(2)3/h4-9,15,18,20H,10-12H2,1-3H3. The van der Waals surface area contributed by atoms with Crippen molar-refractivity contribution < 1.29 is 5.11 Å². The van der Waals surface area contributed by atoms with E-state index in [1.807, 2.05) is 19.0 Å². The molecule has 114 valence electrons. The average molecular weight is 304 g/mol. The minimum Gasteiger partial charge on any atom is -0.390 e. The number of nitrogens with one attached hydrogen (secondary N) is 1. The number of aryl methyl sites for hydroxylation is 1. The van der Waals surface area contributed by atoms with Crippen LogP contribution >= 0.6 is 11.3 Å². The highest BCUT2D eigenvalue weighted by molar-refractivity contribution is 7.15. The van der Waals surface area contributed by atoms with Crippen molar-refractivity contribution in [2.45, 2.75) is 19.6 Å². The fourth-order valence-electron chi connectivity index (χ4n) is 2.19. The van der Waals surface area contributed by atoms with Gasteiger partial charge in [-0.3, -0.25) is 0 Å². The zero-order valence-corrected chi connectivity index (χ0v) is 13.8. The van der Waals surface area contributed by atoms with Gasteiger partial charge in [0.1, 0.15) is 0 Å². The second-order valence-corrected chi connectivity index (χ2v) is 6.85. The largest absolute Gasteiger partial charge is 0.390 e. The zero-order chi connectivity index (χ0) is 15.2. The summed E-state index contributed by atoms with van der Waals surface area (Å²) in [4.78, 5) is 4.58. The number of hydrogen-bond donors (Lipinski definition) is 2. The van der Waals surface area contributed by atoms with Crippen molar-refractivity contribution in [3.8, 4) is 10.4 Å². The topological polar surface area (TPSA) is 35.5 Å². The predicted octanol–water partition coefficient (Wildman–Crippen LogP) is 2.74. The van der Waals surface area contributed by atoms with Crippen LogP contribution in [0, 0.1) is 6.92 Å². The summed E-state index contributed by atoms with van der Waals surface area (Å²) in [6.45, 7) is 4.22. The monoisotopic (exact) mass is 304 g/mol. The molecule has 1 aromatic carbocycles. The van der Waals surface area contributed by atoms with Crippen LogP contribution in [-0.4, -0.2) is 43.3 Å². The molecule has 0 bridgehead atoms. The Balaban J connectivity index is 1.84. The second kappa shape index (κ2) is 7.71. The Hall–Kier alpha value is -1.20. The number of aliphatic hydroxyl groups is 1. The third kappa shape index (κ3) is 5.25. The summed E-state index contributed by atoms with van der Waals surface area (Å²) in [5, 5.41) is 13.1. The van der Waals surface area contributed by atoms with Gasteiger partial charge in [0, 0.05) is 29.4 Å². The summed E-state index contributed by atoms with van der Waals surface area (Å²) in [7, 11) is 3.94. The van der Waals surface area contributed by atoms with Crippen LogP contribution in [0.4, 0.5) is 0 Å². The Morgan fingerprint density at radius 2 is 1.86 bits per heavy atom. The van der Waals surface area contributed by atoms with Crippen molar-refractivity contribution in [3.05, 3.63) is 46.8 Å². The molecule has 0 fully saturated rings. The van der Waals surface area contributed by atoms with Crippen LogP contribution in [0.5, 0.6) is 0 Å². The molecule has 2 N–H and O–H groups in total. The normalized spacial score (nSPS) is 12.8. The Morgan fingerprint density at radius 1 is 1.14 bits per heavy atom. The third-order valence-electron chi connectivity index (χ3n) is 3.25. The minimum absolute atomic E-state index is 0.323. The van der Waals surface area contributed by atoms with Gasteiger partial charge in [0.25, 0.3) is 0 Å². The Morgan fingerprint density at radius 3 is 2.52 bits per heavy atom. The van der Waals surface area contributed by atoms with Crippen molar-refractivity contribution in [1.29, 1.82) is 0 Å². The minimum atomic E-state index is -0.323. The maximum absolute atomic E-state index is 9.81. The van der Waals surface area contributed by atoms with Gasteiger partial charge < -0.3 is 15.3 Å². The van der Waals surface area contributed by atoms with E-state index in [2.05, 4.69) is 48.6 Å². The van der Waals surface area contributed by atoms with Crippen LogP contribution in [0.3, 0.4) is 0 Å². The van der Waals surface area contributed by atoms with Gasteiger partial charge in [-0.2, -0.15) is 0 Å². The smallest absolute Gasteiger partial charge is 0.0791 e. The molecule has 2 rings (SSSR count). The molecule has 1 atom stereocenters. The van der Waals surface area contributed by atoms with Gasteiger partial charge in [-0.05, 0) is 38.7 Å². The summed E-state index contributed by atoms with van der Waals surface area (Å²) in [5.41, 5.74) is 2.55. The first-order valence-electron chi connectivity index (χ1n) is 7.24. The molecular weight excluding hydrogens is 280 g/mol. The molecule has 21 heavy (non-hydrogen) atoms. The van der Waals surface area contributed by atoms with E-state index in [1.165, 1.54) is 20.9 Å². The Bertz CT molecular complexity index is 548. The predicted molar refractivity (Wildman–Crippen MR) is 90.8 cm³/mol. The first-order chi connectivity index (χ1) is 10.0. The summed E-state index contributed by atoms with van der Waals surface area (Å²) in [5.74, 6) is 0. The maximum Gasteiger partial charge on any atom is 0.0791 e. The summed E-state index contributed by atoms with van der Waals surface area (Å²) >= 11 is 1.80. The molecule has 0 saturated carbocycles. The lowest BCUT2D eigenvalue weighted by atomic mass is 10.1. The Labute approximate surface area is 131 Å². The van der Waals surface area contributed by atoms with Crippen LogP contribution in [0.25, 0.3) is 10.4 Å². The first-order valence-corrected chi connectivity index (χ1v) is 8.05.